The van der Waals surface area contributed by atoms with Crippen LogP contribution >= 0.6 is 0 Å². The van der Waals surface area contributed by atoms with Crippen molar-refractivity contribution in [2.45, 2.75) is 72.1 Å². The molecule has 0 fully saturated rings. The van der Waals surface area contributed by atoms with Crippen molar-refractivity contribution in [1.29, 1.82) is 0 Å². The zero-order valence-corrected chi connectivity index (χ0v) is 23.8. The van der Waals surface area contributed by atoms with Gasteiger partial charge < -0.3 is 30.7 Å². The first kappa shape index (κ1) is 31.1. The number of hydrogen-bond donors (Lipinski definition) is 3. The van der Waals surface area contributed by atoms with E-state index in [1.165, 1.54) is 4.90 Å². The number of hydrogen-bond acceptors (Lipinski definition) is 6. The van der Waals surface area contributed by atoms with Crippen LogP contribution in [-0.4, -0.2) is 54.0 Å². The van der Waals surface area contributed by atoms with Crippen LogP contribution in [0.1, 0.15) is 63.3 Å². The fourth-order valence-corrected chi connectivity index (χ4v) is 4.05. The second-order valence-corrected chi connectivity index (χ2v) is 10.4. The number of carbonyl (C=O) groups excluding carboxylic acids is 4. The molecule has 39 heavy (non-hydrogen) atoms. The summed E-state index contributed by atoms with van der Waals surface area (Å²) >= 11 is 0. The standard InChI is InChI=1S/C29H40N4O6/c1-8-15-33(27(36)23(17-24(30)34)32-28(37)39-29(4,5)6)25(22-16-18(2)9-10-19(22)3)26(35)31-20-11-13-21(38-7)14-12-20/h9-14,16,23,25H,8,15,17H2,1-7H3,(H2,30,34)(H,31,35)(H,32,37). The average Bonchev–Trinajstić information content (AvgIpc) is 2.84. The van der Waals surface area contributed by atoms with E-state index in [2.05, 4.69) is 10.6 Å². The van der Waals surface area contributed by atoms with E-state index in [4.69, 9.17) is 15.2 Å². The number of nitrogens with zero attached hydrogens (tertiary/aromatic N) is 1. The molecule has 2 atom stereocenters. The quantitative estimate of drug-likeness (QED) is 0.394. The van der Waals surface area contributed by atoms with E-state index in [1.807, 2.05) is 39.0 Å². The maximum atomic E-state index is 14.0. The third-order valence-corrected chi connectivity index (χ3v) is 5.79. The number of aryl methyl sites for hydroxylation is 2. The lowest BCUT2D eigenvalue weighted by Gasteiger charge is -2.35. The molecule has 4 amide bonds. The number of rotatable bonds is 11. The first-order valence-electron chi connectivity index (χ1n) is 12.9. The Kier molecular flexibility index (Phi) is 10.9. The molecule has 0 radical (unpaired) electrons. The van der Waals surface area contributed by atoms with Crippen LogP contribution in [0.2, 0.25) is 0 Å². The lowest BCUT2D eigenvalue weighted by molar-refractivity contribution is -0.141. The van der Waals surface area contributed by atoms with Crippen LogP contribution in [0, 0.1) is 13.8 Å². The van der Waals surface area contributed by atoms with E-state index in [0.717, 1.165) is 11.1 Å². The molecule has 0 saturated heterocycles. The highest BCUT2D eigenvalue weighted by Crippen LogP contribution is 2.29. The highest BCUT2D eigenvalue weighted by Gasteiger charge is 2.37. The first-order valence-corrected chi connectivity index (χ1v) is 12.9. The van der Waals surface area contributed by atoms with Crippen LogP contribution in [0.4, 0.5) is 10.5 Å². The minimum Gasteiger partial charge on any atom is -0.497 e. The lowest BCUT2D eigenvalue weighted by atomic mass is 9.95. The summed E-state index contributed by atoms with van der Waals surface area (Å²) in [5, 5.41) is 5.37. The molecule has 0 aliphatic carbocycles. The Hall–Kier alpha value is -4.08. The van der Waals surface area contributed by atoms with Gasteiger partial charge in [-0.3, -0.25) is 14.4 Å². The van der Waals surface area contributed by atoms with Gasteiger partial charge in [0.15, 0.2) is 0 Å². The summed E-state index contributed by atoms with van der Waals surface area (Å²) in [5.74, 6) is -1.24. The maximum Gasteiger partial charge on any atom is 0.408 e. The number of nitrogens with one attached hydrogen (secondary N) is 2. The number of anilines is 1. The Bertz CT molecular complexity index is 1170. The molecule has 212 valence electrons. The van der Waals surface area contributed by atoms with Gasteiger partial charge in [0.25, 0.3) is 5.91 Å². The van der Waals surface area contributed by atoms with Crippen molar-refractivity contribution >= 4 is 29.5 Å². The van der Waals surface area contributed by atoms with E-state index in [-0.39, 0.29) is 6.54 Å². The van der Waals surface area contributed by atoms with Crippen molar-refractivity contribution < 1.29 is 28.7 Å². The van der Waals surface area contributed by atoms with Crippen molar-refractivity contribution in [3.05, 3.63) is 59.2 Å². The molecule has 0 aliphatic heterocycles. The smallest absolute Gasteiger partial charge is 0.408 e. The molecular formula is C29H40N4O6. The Labute approximate surface area is 230 Å². The van der Waals surface area contributed by atoms with Crippen LogP contribution in [-0.2, 0) is 19.1 Å². The zero-order valence-electron chi connectivity index (χ0n) is 23.8. The molecule has 2 unspecified atom stereocenters. The predicted octanol–water partition coefficient (Wildman–Crippen LogP) is 4.00. The summed E-state index contributed by atoms with van der Waals surface area (Å²) in [7, 11) is 1.55. The number of methoxy groups -OCH3 is 1. The van der Waals surface area contributed by atoms with Crippen molar-refractivity contribution in [1.82, 2.24) is 10.2 Å². The summed E-state index contributed by atoms with van der Waals surface area (Å²) in [6.07, 6.45) is -0.819. The Balaban J connectivity index is 2.55. The van der Waals surface area contributed by atoms with Gasteiger partial charge in [-0.25, -0.2) is 4.79 Å². The summed E-state index contributed by atoms with van der Waals surface area (Å²) in [4.78, 5) is 53.7. The largest absolute Gasteiger partial charge is 0.497 e. The van der Waals surface area contributed by atoms with Gasteiger partial charge in [-0.15, -0.1) is 0 Å². The summed E-state index contributed by atoms with van der Waals surface area (Å²) < 4.78 is 10.5. The molecule has 4 N–H and O–H groups in total. The molecule has 0 heterocycles. The van der Waals surface area contributed by atoms with Crippen molar-refractivity contribution in [2.75, 3.05) is 19.0 Å². The maximum absolute atomic E-state index is 14.0. The van der Waals surface area contributed by atoms with Crippen LogP contribution < -0.4 is 21.1 Å². The number of nitrogens with two attached hydrogens (primary N) is 1. The van der Waals surface area contributed by atoms with E-state index >= 15 is 0 Å². The molecule has 2 aromatic carbocycles. The van der Waals surface area contributed by atoms with Crippen LogP contribution in [0.3, 0.4) is 0 Å². The molecule has 10 nitrogen and oxygen atoms in total. The van der Waals surface area contributed by atoms with Crippen LogP contribution in [0.5, 0.6) is 5.75 Å². The third-order valence-electron chi connectivity index (χ3n) is 5.79. The molecule has 0 bridgehead atoms. The molecular weight excluding hydrogens is 500 g/mol. The summed E-state index contributed by atoms with van der Waals surface area (Å²) in [6, 6.07) is 10.1. The number of amides is 4. The third kappa shape index (κ3) is 9.31. The number of benzene rings is 2. The van der Waals surface area contributed by atoms with Gasteiger partial charge >= 0.3 is 6.09 Å². The van der Waals surface area contributed by atoms with Gasteiger partial charge in [0.05, 0.1) is 13.5 Å². The number of primary amides is 1. The van der Waals surface area contributed by atoms with Crippen molar-refractivity contribution in [3.63, 3.8) is 0 Å². The molecule has 0 saturated carbocycles. The minimum absolute atomic E-state index is 0.179. The highest BCUT2D eigenvalue weighted by molar-refractivity contribution is 6.00. The van der Waals surface area contributed by atoms with Gasteiger partial charge in [-0.05, 0) is 76.4 Å². The fourth-order valence-electron chi connectivity index (χ4n) is 4.05. The molecule has 2 aromatic rings. The SMILES string of the molecule is CCCN(C(=O)C(CC(N)=O)NC(=O)OC(C)(C)C)C(C(=O)Nc1ccc(OC)cc1)c1cc(C)ccc1C. The zero-order chi connectivity index (χ0) is 29.3. The fraction of sp³-hybridized carbons (Fsp3) is 0.448. The van der Waals surface area contributed by atoms with E-state index in [1.54, 1.807) is 52.1 Å². The molecule has 0 aliphatic rings. The summed E-state index contributed by atoms with van der Waals surface area (Å²) in [6.45, 7) is 10.8. The van der Waals surface area contributed by atoms with Crippen LogP contribution in [0.15, 0.2) is 42.5 Å². The number of carbonyl (C=O) groups is 4. The second kappa shape index (κ2) is 13.6. The topological polar surface area (TPSA) is 140 Å². The Morgan fingerprint density at radius 3 is 2.21 bits per heavy atom. The molecule has 0 aromatic heterocycles. The van der Waals surface area contributed by atoms with Gasteiger partial charge in [0.2, 0.25) is 11.8 Å². The highest BCUT2D eigenvalue weighted by atomic mass is 16.6. The van der Waals surface area contributed by atoms with Gasteiger partial charge in [-0.1, -0.05) is 30.7 Å². The van der Waals surface area contributed by atoms with E-state index in [0.29, 0.717) is 23.4 Å². The number of alkyl carbamates (subject to hydrolysis) is 1. The van der Waals surface area contributed by atoms with Crippen molar-refractivity contribution in [3.8, 4) is 5.75 Å². The van der Waals surface area contributed by atoms with Crippen LogP contribution in [0.25, 0.3) is 0 Å². The van der Waals surface area contributed by atoms with Gasteiger partial charge in [-0.2, -0.15) is 0 Å². The lowest BCUT2D eigenvalue weighted by Crippen LogP contribution is -2.53. The first-order chi connectivity index (χ1) is 18.2. The van der Waals surface area contributed by atoms with E-state index < -0.39 is 47.9 Å². The summed E-state index contributed by atoms with van der Waals surface area (Å²) in [5.41, 5.74) is 7.45. The monoisotopic (exact) mass is 540 g/mol. The second-order valence-electron chi connectivity index (χ2n) is 10.4. The van der Waals surface area contributed by atoms with Gasteiger partial charge in [0, 0.05) is 12.2 Å². The van der Waals surface area contributed by atoms with Gasteiger partial charge in [0.1, 0.15) is 23.4 Å². The average molecular weight is 541 g/mol. The molecule has 0 spiro atoms. The minimum atomic E-state index is -1.33. The predicted molar refractivity (Wildman–Crippen MR) is 149 cm³/mol. The Morgan fingerprint density at radius 2 is 1.67 bits per heavy atom. The van der Waals surface area contributed by atoms with E-state index in [9.17, 15) is 19.2 Å². The van der Waals surface area contributed by atoms with Crippen molar-refractivity contribution in [2.24, 2.45) is 5.73 Å². The molecule has 10 heteroatoms. The number of ether oxygens (including phenoxy) is 2. The Morgan fingerprint density at radius 1 is 1.03 bits per heavy atom. The normalized spacial score (nSPS) is 12.6. The molecule has 2 rings (SSSR count).